The molecule has 0 radical (unpaired) electrons. The van der Waals surface area contributed by atoms with Gasteiger partial charge in [0.15, 0.2) is 6.10 Å². The summed E-state index contributed by atoms with van der Waals surface area (Å²) in [5.41, 5.74) is 5.64. The molecule has 0 aromatic rings. The molecule has 2 amide bonds. The number of carboxylic acid groups (broad SMARTS) is 1. The molecule has 120 valence electrons. The Morgan fingerprint density at radius 3 is 2.48 bits per heavy atom. The Morgan fingerprint density at radius 1 is 1.29 bits per heavy atom. The van der Waals surface area contributed by atoms with E-state index in [1.807, 2.05) is 13.8 Å². The fourth-order valence-electron chi connectivity index (χ4n) is 1.92. The molecule has 1 heterocycles. The largest absolute Gasteiger partial charge is 0.479 e. The first-order chi connectivity index (χ1) is 9.81. The summed E-state index contributed by atoms with van der Waals surface area (Å²) in [7, 11) is 0. The zero-order valence-electron chi connectivity index (χ0n) is 12.3. The molecule has 0 bridgehead atoms. The number of carboxylic acids is 1. The first kappa shape index (κ1) is 17.4. The second-order valence-corrected chi connectivity index (χ2v) is 5.45. The minimum atomic E-state index is -0.987. The second kappa shape index (κ2) is 7.94. The molecule has 2 unspecified atom stereocenters. The number of rotatable bonds is 7. The Balaban J connectivity index is 2.20. The lowest BCUT2D eigenvalue weighted by atomic mass is 10.1. The Morgan fingerprint density at radius 2 is 1.95 bits per heavy atom. The Hall–Kier alpha value is -1.67. The molecule has 0 aromatic heterocycles. The normalized spacial score (nSPS) is 22.9. The topological polar surface area (TPSA) is 131 Å². The quantitative estimate of drug-likeness (QED) is 0.469. The van der Waals surface area contributed by atoms with E-state index in [1.54, 1.807) is 0 Å². The predicted molar refractivity (Wildman–Crippen MR) is 74.4 cm³/mol. The first-order valence-corrected chi connectivity index (χ1v) is 6.99. The fourth-order valence-corrected chi connectivity index (χ4v) is 1.92. The minimum Gasteiger partial charge on any atom is -0.479 e. The van der Waals surface area contributed by atoms with Gasteiger partial charge in [0.25, 0.3) is 0 Å². The maximum absolute atomic E-state index is 11.6. The van der Waals surface area contributed by atoms with Crippen LogP contribution in [0.2, 0.25) is 0 Å². The Bertz CT molecular complexity index is 399. The van der Waals surface area contributed by atoms with E-state index >= 15 is 0 Å². The van der Waals surface area contributed by atoms with E-state index in [9.17, 15) is 14.4 Å². The van der Waals surface area contributed by atoms with Gasteiger partial charge in [-0.1, -0.05) is 13.8 Å². The number of hydrogen-bond acceptors (Lipinski definition) is 5. The molecule has 1 rings (SSSR count). The van der Waals surface area contributed by atoms with Crippen molar-refractivity contribution in [1.82, 2.24) is 10.6 Å². The van der Waals surface area contributed by atoms with Crippen molar-refractivity contribution < 1.29 is 24.2 Å². The summed E-state index contributed by atoms with van der Waals surface area (Å²) in [6.07, 6.45) is -0.0724. The summed E-state index contributed by atoms with van der Waals surface area (Å²) in [5, 5.41) is 13.8. The molecule has 8 nitrogen and oxygen atoms in total. The minimum absolute atomic E-state index is 0.00657. The van der Waals surface area contributed by atoms with Crippen LogP contribution in [0.15, 0.2) is 0 Å². The molecule has 0 aromatic carbocycles. The molecule has 1 fully saturated rings. The van der Waals surface area contributed by atoms with Gasteiger partial charge in [0, 0.05) is 6.54 Å². The van der Waals surface area contributed by atoms with Crippen molar-refractivity contribution in [2.75, 3.05) is 13.1 Å². The number of nitrogens with two attached hydrogens (primary N) is 1. The van der Waals surface area contributed by atoms with Gasteiger partial charge in [-0.25, -0.2) is 4.79 Å². The lowest BCUT2D eigenvalue weighted by Crippen LogP contribution is -2.47. The van der Waals surface area contributed by atoms with Crippen molar-refractivity contribution in [2.24, 2.45) is 11.7 Å². The molecule has 0 saturated carbocycles. The molecule has 0 aliphatic carbocycles. The van der Waals surface area contributed by atoms with Crippen LogP contribution >= 0.6 is 0 Å². The highest BCUT2D eigenvalue weighted by atomic mass is 16.5. The van der Waals surface area contributed by atoms with Crippen molar-refractivity contribution >= 4 is 17.8 Å². The third-order valence-corrected chi connectivity index (χ3v) is 3.35. The second-order valence-electron chi connectivity index (χ2n) is 5.45. The lowest BCUT2D eigenvalue weighted by Gasteiger charge is -2.16. The number of aliphatic carboxylic acids is 1. The standard InChI is InChI=1S/C13H23N3O5/c1-7(2)11(14)12(18)16-6-10(17)15-5-8-3-4-9(21-8)13(19)20/h7-9,11H,3-6,14H2,1-2H3,(H,15,17)(H,16,18)(H,19,20)/t8?,9?,11-/m0/s1. The molecule has 0 spiro atoms. The number of nitrogens with one attached hydrogen (secondary N) is 2. The van der Waals surface area contributed by atoms with Crippen LogP contribution in [0.1, 0.15) is 26.7 Å². The summed E-state index contributed by atoms with van der Waals surface area (Å²) < 4.78 is 5.25. The smallest absolute Gasteiger partial charge is 0.332 e. The van der Waals surface area contributed by atoms with Crippen LogP contribution in [0.3, 0.4) is 0 Å². The van der Waals surface area contributed by atoms with Crippen LogP contribution in [0.25, 0.3) is 0 Å². The Kier molecular flexibility index (Phi) is 6.57. The van der Waals surface area contributed by atoms with Gasteiger partial charge < -0.3 is 26.2 Å². The molecule has 3 atom stereocenters. The molecule has 1 saturated heterocycles. The molecule has 5 N–H and O–H groups in total. The van der Waals surface area contributed by atoms with Gasteiger partial charge in [0.05, 0.1) is 18.7 Å². The highest BCUT2D eigenvalue weighted by molar-refractivity contribution is 5.87. The average molecular weight is 301 g/mol. The first-order valence-electron chi connectivity index (χ1n) is 6.99. The number of ether oxygens (including phenoxy) is 1. The van der Waals surface area contributed by atoms with E-state index in [4.69, 9.17) is 15.6 Å². The highest BCUT2D eigenvalue weighted by Crippen LogP contribution is 2.19. The monoisotopic (exact) mass is 301 g/mol. The summed E-state index contributed by atoms with van der Waals surface area (Å²) in [6.45, 7) is 3.71. The third-order valence-electron chi connectivity index (χ3n) is 3.35. The molecule has 1 aliphatic rings. The molecule has 21 heavy (non-hydrogen) atoms. The van der Waals surface area contributed by atoms with Gasteiger partial charge in [0.1, 0.15) is 0 Å². The maximum atomic E-state index is 11.6. The lowest BCUT2D eigenvalue weighted by molar-refractivity contribution is -0.149. The number of carbonyl (C=O) groups excluding carboxylic acids is 2. The van der Waals surface area contributed by atoms with E-state index in [0.29, 0.717) is 12.8 Å². The van der Waals surface area contributed by atoms with E-state index in [0.717, 1.165) is 0 Å². The van der Waals surface area contributed by atoms with Gasteiger partial charge in [-0.3, -0.25) is 9.59 Å². The van der Waals surface area contributed by atoms with Crippen LogP contribution in [0.5, 0.6) is 0 Å². The van der Waals surface area contributed by atoms with Crippen LogP contribution in [0, 0.1) is 5.92 Å². The zero-order chi connectivity index (χ0) is 16.0. The summed E-state index contributed by atoms with van der Waals surface area (Å²) >= 11 is 0. The molecular weight excluding hydrogens is 278 g/mol. The number of amides is 2. The van der Waals surface area contributed by atoms with Gasteiger partial charge >= 0.3 is 5.97 Å². The van der Waals surface area contributed by atoms with Gasteiger partial charge in [-0.2, -0.15) is 0 Å². The fraction of sp³-hybridized carbons (Fsp3) is 0.769. The average Bonchev–Trinajstić information content (AvgIpc) is 2.90. The van der Waals surface area contributed by atoms with Gasteiger partial charge in [0.2, 0.25) is 11.8 Å². The van der Waals surface area contributed by atoms with Gasteiger partial charge in [-0.15, -0.1) is 0 Å². The van der Waals surface area contributed by atoms with Crippen molar-refractivity contribution in [3.05, 3.63) is 0 Å². The van der Waals surface area contributed by atoms with Crippen molar-refractivity contribution in [3.63, 3.8) is 0 Å². The highest BCUT2D eigenvalue weighted by Gasteiger charge is 2.30. The summed E-state index contributed by atoms with van der Waals surface area (Å²) in [4.78, 5) is 33.8. The van der Waals surface area contributed by atoms with Crippen LogP contribution in [-0.4, -0.2) is 54.2 Å². The molecule has 8 heteroatoms. The number of carbonyl (C=O) groups is 3. The SMILES string of the molecule is CC(C)[C@H](N)C(=O)NCC(=O)NCC1CCC(C(=O)O)O1. The molecule has 1 aliphatic heterocycles. The van der Waals surface area contributed by atoms with E-state index < -0.39 is 18.1 Å². The van der Waals surface area contributed by atoms with Crippen molar-refractivity contribution in [1.29, 1.82) is 0 Å². The Labute approximate surface area is 123 Å². The van der Waals surface area contributed by atoms with Gasteiger partial charge in [-0.05, 0) is 18.8 Å². The van der Waals surface area contributed by atoms with E-state index in [2.05, 4.69) is 10.6 Å². The van der Waals surface area contributed by atoms with E-state index in [-0.39, 0.29) is 36.9 Å². The van der Waals surface area contributed by atoms with Crippen molar-refractivity contribution in [3.8, 4) is 0 Å². The van der Waals surface area contributed by atoms with Crippen LogP contribution in [0.4, 0.5) is 0 Å². The zero-order valence-corrected chi connectivity index (χ0v) is 12.3. The predicted octanol–water partition coefficient (Wildman–Crippen LogP) is -1.17. The number of hydrogen-bond donors (Lipinski definition) is 4. The summed E-state index contributed by atoms with van der Waals surface area (Å²) in [6, 6.07) is -0.646. The van der Waals surface area contributed by atoms with Crippen molar-refractivity contribution in [2.45, 2.75) is 44.9 Å². The third kappa shape index (κ3) is 5.68. The van der Waals surface area contributed by atoms with Crippen LogP contribution < -0.4 is 16.4 Å². The summed E-state index contributed by atoms with van der Waals surface area (Å²) in [5.74, 6) is -1.73. The van der Waals surface area contributed by atoms with Crippen LogP contribution in [-0.2, 0) is 19.1 Å². The molecular formula is C13H23N3O5. The van der Waals surface area contributed by atoms with E-state index in [1.165, 1.54) is 0 Å². The maximum Gasteiger partial charge on any atom is 0.332 e.